The predicted octanol–water partition coefficient (Wildman–Crippen LogP) is 4.67. The smallest absolute Gasteiger partial charge is 0.153 e. The maximum absolute atomic E-state index is 6.02. The number of hydrogen-bond acceptors (Lipinski definition) is 7. The Hall–Kier alpha value is -4.99. The largest absolute Gasteiger partial charge is 0.483 e. The fraction of sp³-hybridized carbons (Fsp3) is 0.148. The molecule has 1 aromatic carbocycles. The van der Waals surface area contributed by atoms with E-state index in [9.17, 15) is 0 Å². The van der Waals surface area contributed by atoms with Crippen LogP contribution in [0.4, 0.5) is 5.82 Å². The molecule has 1 unspecified atom stereocenters. The van der Waals surface area contributed by atoms with Crippen molar-refractivity contribution in [2.75, 3.05) is 5.32 Å². The Morgan fingerprint density at radius 2 is 1.89 bits per heavy atom. The second kappa shape index (κ2) is 9.57. The van der Waals surface area contributed by atoms with Crippen LogP contribution in [0.15, 0.2) is 86.0 Å². The lowest BCUT2D eigenvalue weighted by Gasteiger charge is -2.12. The molecule has 0 saturated carbocycles. The van der Waals surface area contributed by atoms with Crippen molar-refractivity contribution in [3.05, 3.63) is 97.4 Å². The minimum absolute atomic E-state index is 0.200. The SMILES string of the molecule is CC(Oc1ccn2c(-c3cc(NCc4ccc(-c5cnn(C)c5)cc4)ncn3)cnc2c1)c1ncc[nH]1. The summed E-state index contributed by atoms with van der Waals surface area (Å²) < 4.78 is 9.80. The van der Waals surface area contributed by atoms with Crippen LogP contribution in [0.25, 0.3) is 28.2 Å². The summed E-state index contributed by atoms with van der Waals surface area (Å²) in [5.41, 5.74) is 5.79. The van der Waals surface area contributed by atoms with Crippen LogP contribution < -0.4 is 10.1 Å². The highest BCUT2D eigenvalue weighted by atomic mass is 16.5. The van der Waals surface area contributed by atoms with E-state index in [1.807, 2.05) is 55.2 Å². The van der Waals surface area contributed by atoms with Gasteiger partial charge >= 0.3 is 0 Å². The Bertz CT molecular complexity index is 1630. The number of aromatic amines is 1. The number of ether oxygens (including phenoxy) is 1. The molecule has 0 saturated heterocycles. The van der Waals surface area contributed by atoms with Gasteiger partial charge in [0.2, 0.25) is 0 Å². The van der Waals surface area contributed by atoms with Crippen LogP contribution in [0.5, 0.6) is 5.75 Å². The van der Waals surface area contributed by atoms with E-state index in [0.29, 0.717) is 12.3 Å². The van der Waals surface area contributed by atoms with Gasteiger partial charge in [0.15, 0.2) is 6.10 Å². The van der Waals surface area contributed by atoms with Gasteiger partial charge in [-0.1, -0.05) is 24.3 Å². The second-order valence-corrected chi connectivity index (χ2v) is 8.71. The summed E-state index contributed by atoms with van der Waals surface area (Å²) in [6.07, 6.45) is 12.5. The molecule has 0 aliphatic heterocycles. The number of aryl methyl sites for hydroxylation is 1. The number of rotatable bonds is 8. The number of nitrogens with zero attached hydrogens (tertiary/aromatic N) is 7. The average molecular weight is 492 g/mol. The van der Waals surface area contributed by atoms with Gasteiger partial charge in [0.25, 0.3) is 0 Å². The molecule has 0 amide bonds. The Morgan fingerprint density at radius 1 is 1.00 bits per heavy atom. The molecule has 0 spiro atoms. The molecule has 5 aromatic heterocycles. The van der Waals surface area contributed by atoms with E-state index in [-0.39, 0.29) is 6.10 Å². The van der Waals surface area contributed by atoms with E-state index in [0.717, 1.165) is 45.4 Å². The number of nitrogens with one attached hydrogen (secondary N) is 2. The minimum Gasteiger partial charge on any atom is -0.483 e. The molecule has 10 heteroatoms. The first kappa shape index (κ1) is 22.5. The zero-order valence-corrected chi connectivity index (χ0v) is 20.4. The maximum atomic E-state index is 6.02. The van der Waals surface area contributed by atoms with Crippen LogP contribution in [0.3, 0.4) is 0 Å². The number of anilines is 1. The molecule has 2 N–H and O–H groups in total. The number of aromatic nitrogens is 8. The summed E-state index contributed by atoms with van der Waals surface area (Å²) in [6.45, 7) is 2.59. The third-order valence-corrected chi connectivity index (χ3v) is 6.10. The topological polar surface area (TPSA) is 111 Å². The summed E-state index contributed by atoms with van der Waals surface area (Å²) in [7, 11) is 1.92. The summed E-state index contributed by atoms with van der Waals surface area (Å²) in [6, 6.07) is 14.2. The number of hydrogen-bond donors (Lipinski definition) is 2. The first-order valence-electron chi connectivity index (χ1n) is 11.9. The van der Waals surface area contributed by atoms with E-state index in [1.54, 1.807) is 29.6 Å². The Labute approximate surface area is 213 Å². The normalized spacial score (nSPS) is 12.1. The highest BCUT2D eigenvalue weighted by molar-refractivity contribution is 5.64. The van der Waals surface area contributed by atoms with Gasteiger partial charge < -0.3 is 15.0 Å². The Morgan fingerprint density at radius 3 is 2.68 bits per heavy atom. The zero-order valence-electron chi connectivity index (χ0n) is 20.4. The molecule has 6 aromatic rings. The van der Waals surface area contributed by atoms with Gasteiger partial charge in [-0.05, 0) is 24.1 Å². The molecule has 37 heavy (non-hydrogen) atoms. The molecular weight excluding hydrogens is 466 g/mol. The molecule has 0 fully saturated rings. The summed E-state index contributed by atoms with van der Waals surface area (Å²) in [4.78, 5) is 20.8. The average Bonchev–Trinajstić information content (AvgIpc) is 3.69. The van der Waals surface area contributed by atoms with E-state index in [4.69, 9.17) is 4.74 Å². The highest BCUT2D eigenvalue weighted by Crippen LogP contribution is 2.25. The minimum atomic E-state index is -0.200. The van der Waals surface area contributed by atoms with Crippen LogP contribution in [0.1, 0.15) is 24.4 Å². The fourth-order valence-corrected chi connectivity index (χ4v) is 4.16. The van der Waals surface area contributed by atoms with Crippen molar-refractivity contribution in [1.82, 2.24) is 39.1 Å². The van der Waals surface area contributed by atoms with Crippen molar-refractivity contribution in [2.45, 2.75) is 19.6 Å². The molecule has 0 aliphatic carbocycles. The number of pyridine rings is 1. The van der Waals surface area contributed by atoms with Gasteiger partial charge in [-0.25, -0.2) is 19.9 Å². The Kier molecular flexibility index (Phi) is 5.81. The lowest BCUT2D eigenvalue weighted by atomic mass is 10.1. The van der Waals surface area contributed by atoms with Crippen molar-refractivity contribution in [3.8, 4) is 28.3 Å². The molecule has 0 aliphatic rings. The van der Waals surface area contributed by atoms with Crippen molar-refractivity contribution in [1.29, 1.82) is 0 Å². The lowest BCUT2D eigenvalue weighted by molar-refractivity contribution is 0.217. The monoisotopic (exact) mass is 491 g/mol. The molecule has 1 atom stereocenters. The third-order valence-electron chi connectivity index (χ3n) is 6.10. The number of benzene rings is 1. The lowest BCUT2D eigenvalue weighted by Crippen LogP contribution is -2.05. The first-order chi connectivity index (χ1) is 18.1. The summed E-state index contributed by atoms with van der Waals surface area (Å²) in [5.74, 6) is 2.23. The summed E-state index contributed by atoms with van der Waals surface area (Å²) >= 11 is 0. The van der Waals surface area contributed by atoms with E-state index >= 15 is 0 Å². The Balaban J connectivity index is 1.15. The highest BCUT2D eigenvalue weighted by Gasteiger charge is 2.13. The first-order valence-corrected chi connectivity index (χ1v) is 11.9. The van der Waals surface area contributed by atoms with Gasteiger partial charge in [0, 0.05) is 56.1 Å². The second-order valence-electron chi connectivity index (χ2n) is 8.71. The molecule has 0 bridgehead atoms. The molecule has 6 rings (SSSR count). The fourth-order valence-electron chi connectivity index (χ4n) is 4.16. The van der Waals surface area contributed by atoms with E-state index in [2.05, 4.69) is 59.6 Å². The standard InChI is InChI=1S/C27H25N9O/c1-18(27-28-8-9-29-27)37-22-7-10-36-24(15-31-26(36)11-22)23-12-25(33-17-32-23)30-13-19-3-5-20(6-4-19)21-14-34-35(2)16-21/h3-12,14-18H,13H2,1-2H3,(H,28,29)(H,30,32,33). The van der Waals surface area contributed by atoms with Gasteiger partial charge in [-0.2, -0.15) is 5.10 Å². The van der Waals surface area contributed by atoms with Crippen LogP contribution >= 0.6 is 0 Å². The van der Waals surface area contributed by atoms with Crippen LogP contribution in [-0.2, 0) is 13.6 Å². The van der Waals surface area contributed by atoms with Crippen LogP contribution in [-0.4, -0.2) is 39.1 Å². The number of H-pyrrole nitrogens is 1. The van der Waals surface area contributed by atoms with Crippen LogP contribution in [0.2, 0.25) is 0 Å². The number of imidazole rings is 2. The maximum Gasteiger partial charge on any atom is 0.153 e. The van der Waals surface area contributed by atoms with Crippen molar-refractivity contribution in [3.63, 3.8) is 0 Å². The number of fused-ring (bicyclic) bond motifs is 1. The zero-order chi connectivity index (χ0) is 25.2. The van der Waals surface area contributed by atoms with Gasteiger partial charge in [0.1, 0.15) is 29.4 Å². The molecule has 5 heterocycles. The van der Waals surface area contributed by atoms with Crippen molar-refractivity contribution >= 4 is 11.5 Å². The molecular formula is C27H25N9O. The van der Waals surface area contributed by atoms with Crippen molar-refractivity contribution < 1.29 is 4.74 Å². The quantitative estimate of drug-likeness (QED) is 0.318. The third kappa shape index (κ3) is 4.76. The van der Waals surface area contributed by atoms with Crippen molar-refractivity contribution in [2.24, 2.45) is 7.05 Å². The summed E-state index contributed by atoms with van der Waals surface area (Å²) in [5, 5.41) is 7.63. The van der Waals surface area contributed by atoms with E-state index in [1.165, 1.54) is 0 Å². The van der Waals surface area contributed by atoms with Gasteiger partial charge in [-0.15, -0.1) is 0 Å². The molecule has 184 valence electrons. The van der Waals surface area contributed by atoms with Gasteiger partial charge in [-0.3, -0.25) is 9.08 Å². The molecule has 0 radical (unpaired) electrons. The predicted molar refractivity (Wildman–Crippen MR) is 140 cm³/mol. The van der Waals surface area contributed by atoms with Gasteiger partial charge in [0.05, 0.1) is 23.8 Å². The molecule has 10 nitrogen and oxygen atoms in total. The van der Waals surface area contributed by atoms with Crippen LogP contribution in [0, 0.1) is 0 Å². The van der Waals surface area contributed by atoms with E-state index < -0.39 is 0 Å².